The molecular weight excluding hydrogens is 512 g/mol. The van der Waals surface area contributed by atoms with E-state index in [9.17, 15) is 19.5 Å². The number of cyclic esters (lactones) is 1. The van der Waals surface area contributed by atoms with Crippen LogP contribution in [0.1, 0.15) is 111 Å². The van der Waals surface area contributed by atoms with Gasteiger partial charge in [-0.15, -0.1) is 0 Å². The molecule has 0 aliphatic carbocycles. The number of aromatic hydroxyl groups is 1. The molecule has 222 valence electrons. The van der Waals surface area contributed by atoms with Crippen molar-refractivity contribution >= 4 is 17.9 Å². The van der Waals surface area contributed by atoms with Gasteiger partial charge in [0.25, 0.3) is 0 Å². The van der Waals surface area contributed by atoms with Gasteiger partial charge in [0.15, 0.2) is 0 Å². The Bertz CT molecular complexity index is 1020. The number of allylic oxidation sites excluding steroid dienone is 2. The van der Waals surface area contributed by atoms with Gasteiger partial charge in [0.05, 0.1) is 13.7 Å². The maximum absolute atomic E-state index is 12.1. The van der Waals surface area contributed by atoms with Crippen molar-refractivity contribution in [1.29, 1.82) is 0 Å². The van der Waals surface area contributed by atoms with Gasteiger partial charge in [0, 0.05) is 24.0 Å². The molecule has 1 aromatic carbocycles. The number of phenolic OH excluding ortho intramolecular Hbond substituents is 1. The highest BCUT2D eigenvalue weighted by Gasteiger charge is 2.31. The number of ether oxygens (including phenoxy) is 4. The molecule has 1 aliphatic heterocycles. The van der Waals surface area contributed by atoms with Crippen LogP contribution in [-0.2, 0) is 36.8 Å². The normalized spacial score (nSPS) is 12.8. The molecule has 0 amide bonds. The Morgan fingerprint density at radius 2 is 1.60 bits per heavy atom. The van der Waals surface area contributed by atoms with Gasteiger partial charge in [0.2, 0.25) is 0 Å². The molecule has 8 heteroatoms. The molecule has 0 fully saturated rings. The standard InChI is InChI=1S/C32H46O8/c1-22(2)40-28(34)15-13-11-9-7-6-8-10-12-14-20-38-27(33)19-17-23(3)16-18-25-30(35)29-26(21-39-32(29)36)24(4)31(25)37-5/h16,22,35H,1-2,6-15,17-21H2,3-5H3/b23-16+. The summed E-state index contributed by atoms with van der Waals surface area (Å²) in [6.07, 6.45) is 12.6. The first kappa shape index (κ1) is 33.2. The van der Waals surface area contributed by atoms with Crippen LogP contribution in [0, 0.1) is 20.8 Å². The van der Waals surface area contributed by atoms with Crippen LogP contribution >= 0.6 is 0 Å². The third kappa shape index (κ3) is 10.9. The Balaban J connectivity index is 1.56. The molecule has 2 rings (SSSR count). The van der Waals surface area contributed by atoms with Crippen molar-refractivity contribution in [2.24, 2.45) is 0 Å². The molecule has 0 aromatic heterocycles. The van der Waals surface area contributed by atoms with Crippen molar-refractivity contribution in [1.82, 2.24) is 0 Å². The SMILES string of the molecule is [CH2]C([CH2])OC(=O)CCCCCCCCCCCOC(=O)CC/C(C)=C/Cc1c(O)c2c(c(C)c1OC)COC2=O. The van der Waals surface area contributed by atoms with Crippen LogP contribution in [0.15, 0.2) is 11.6 Å². The van der Waals surface area contributed by atoms with E-state index in [2.05, 4.69) is 13.8 Å². The average Bonchev–Trinajstić information content (AvgIpc) is 3.30. The molecule has 8 nitrogen and oxygen atoms in total. The lowest BCUT2D eigenvalue weighted by Crippen LogP contribution is -2.11. The fourth-order valence-corrected chi connectivity index (χ4v) is 4.82. The number of esters is 3. The molecule has 1 heterocycles. The summed E-state index contributed by atoms with van der Waals surface area (Å²) < 4.78 is 20.9. The van der Waals surface area contributed by atoms with E-state index in [1.54, 1.807) is 0 Å². The summed E-state index contributed by atoms with van der Waals surface area (Å²) in [5.41, 5.74) is 3.21. The summed E-state index contributed by atoms with van der Waals surface area (Å²) in [6, 6.07) is 0. The first-order valence-corrected chi connectivity index (χ1v) is 14.4. The second-order valence-corrected chi connectivity index (χ2v) is 10.4. The van der Waals surface area contributed by atoms with E-state index in [1.165, 1.54) is 13.5 Å². The summed E-state index contributed by atoms with van der Waals surface area (Å²) in [4.78, 5) is 35.6. The summed E-state index contributed by atoms with van der Waals surface area (Å²) >= 11 is 0. The molecule has 0 spiro atoms. The van der Waals surface area contributed by atoms with Gasteiger partial charge in [-0.25, -0.2) is 4.79 Å². The summed E-state index contributed by atoms with van der Waals surface area (Å²) in [7, 11) is 1.54. The second kappa shape index (κ2) is 17.6. The van der Waals surface area contributed by atoms with Crippen molar-refractivity contribution in [2.45, 2.75) is 110 Å². The third-order valence-electron chi connectivity index (χ3n) is 7.11. The van der Waals surface area contributed by atoms with Crippen molar-refractivity contribution < 1.29 is 38.4 Å². The van der Waals surface area contributed by atoms with Gasteiger partial charge >= 0.3 is 17.9 Å². The zero-order chi connectivity index (χ0) is 29.5. The van der Waals surface area contributed by atoms with E-state index in [4.69, 9.17) is 18.9 Å². The van der Waals surface area contributed by atoms with Crippen LogP contribution in [0.25, 0.3) is 0 Å². The zero-order valence-electron chi connectivity index (χ0n) is 24.5. The molecular formula is C32H46O8. The lowest BCUT2D eigenvalue weighted by molar-refractivity contribution is -0.145. The zero-order valence-corrected chi connectivity index (χ0v) is 24.5. The number of unbranched alkanes of at least 4 members (excludes halogenated alkanes) is 8. The van der Waals surface area contributed by atoms with Crippen molar-refractivity contribution in [3.05, 3.63) is 47.8 Å². The minimum absolute atomic E-state index is 0.0968. The molecule has 0 atom stereocenters. The van der Waals surface area contributed by atoms with E-state index in [-0.39, 0.29) is 29.9 Å². The van der Waals surface area contributed by atoms with E-state index in [0.29, 0.717) is 49.2 Å². The van der Waals surface area contributed by atoms with Crippen molar-refractivity contribution in [2.75, 3.05) is 13.7 Å². The number of carbonyl (C=O) groups excluding carboxylic acids is 3. The van der Waals surface area contributed by atoms with E-state index < -0.39 is 12.1 Å². The molecule has 40 heavy (non-hydrogen) atoms. The Hall–Kier alpha value is -3.03. The second-order valence-electron chi connectivity index (χ2n) is 10.4. The first-order valence-electron chi connectivity index (χ1n) is 14.4. The fourth-order valence-electron chi connectivity index (χ4n) is 4.82. The summed E-state index contributed by atoms with van der Waals surface area (Å²) in [5, 5.41) is 10.7. The van der Waals surface area contributed by atoms with Gasteiger partial charge in [0.1, 0.15) is 29.8 Å². The number of carbonyl (C=O) groups is 3. The van der Waals surface area contributed by atoms with E-state index in [0.717, 1.165) is 62.5 Å². The lowest BCUT2D eigenvalue weighted by atomic mass is 9.94. The highest BCUT2D eigenvalue weighted by molar-refractivity contribution is 5.98. The first-order chi connectivity index (χ1) is 19.1. The predicted molar refractivity (Wildman–Crippen MR) is 153 cm³/mol. The van der Waals surface area contributed by atoms with Crippen LogP contribution in [-0.4, -0.2) is 42.8 Å². The molecule has 0 unspecified atom stereocenters. The van der Waals surface area contributed by atoms with Crippen LogP contribution in [0.3, 0.4) is 0 Å². The van der Waals surface area contributed by atoms with Crippen molar-refractivity contribution in [3.8, 4) is 11.5 Å². The maximum atomic E-state index is 12.1. The number of rotatable bonds is 19. The Labute approximate surface area is 239 Å². The average molecular weight is 559 g/mol. The maximum Gasteiger partial charge on any atom is 0.342 e. The third-order valence-corrected chi connectivity index (χ3v) is 7.11. The summed E-state index contributed by atoms with van der Waals surface area (Å²) in [6.45, 7) is 11.4. The van der Waals surface area contributed by atoms with Crippen molar-refractivity contribution in [3.63, 3.8) is 0 Å². The Morgan fingerprint density at radius 1 is 0.975 bits per heavy atom. The van der Waals surface area contributed by atoms with Crippen LogP contribution < -0.4 is 4.74 Å². The summed E-state index contributed by atoms with van der Waals surface area (Å²) in [5.74, 6) is -0.501. The number of benzene rings is 1. The molecule has 0 bridgehead atoms. The number of hydrogen-bond acceptors (Lipinski definition) is 8. The topological polar surface area (TPSA) is 108 Å². The minimum Gasteiger partial charge on any atom is -0.507 e. The van der Waals surface area contributed by atoms with Gasteiger partial charge in [-0.05, 0) is 58.9 Å². The van der Waals surface area contributed by atoms with Crippen LogP contribution in [0.4, 0.5) is 0 Å². The highest BCUT2D eigenvalue weighted by Crippen LogP contribution is 2.42. The largest absolute Gasteiger partial charge is 0.507 e. The number of phenols is 1. The fraction of sp³-hybridized carbons (Fsp3) is 0.594. The monoisotopic (exact) mass is 558 g/mol. The molecule has 1 N–H and O–H groups in total. The Morgan fingerprint density at radius 3 is 2.23 bits per heavy atom. The van der Waals surface area contributed by atoms with E-state index >= 15 is 0 Å². The van der Waals surface area contributed by atoms with Crippen LogP contribution in [0.5, 0.6) is 11.5 Å². The van der Waals surface area contributed by atoms with Gasteiger partial charge in [-0.1, -0.05) is 56.6 Å². The molecule has 1 aromatic rings. The minimum atomic E-state index is -0.535. The number of hydrogen-bond donors (Lipinski definition) is 1. The molecule has 1 aliphatic rings. The predicted octanol–water partition coefficient (Wildman–Crippen LogP) is 6.67. The smallest absolute Gasteiger partial charge is 0.342 e. The van der Waals surface area contributed by atoms with Gasteiger partial charge in [-0.3, -0.25) is 9.59 Å². The van der Waals surface area contributed by atoms with Gasteiger partial charge < -0.3 is 24.1 Å². The number of methoxy groups -OCH3 is 1. The van der Waals surface area contributed by atoms with Gasteiger partial charge in [-0.2, -0.15) is 0 Å². The Kier molecular flexibility index (Phi) is 14.6. The lowest BCUT2D eigenvalue weighted by Gasteiger charge is -2.15. The van der Waals surface area contributed by atoms with Crippen LogP contribution in [0.2, 0.25) is 0 Å². The number of fused-ring (bicyclic) bond motifs is 1. The molecule has 0 saturated heterocycles. The van der Waals surface area contributed by atoms with E-state index in [1.807, 2.05) is 19.9 Å². The molecule has 2 radical (unpaired) electrons. The quantitative estimate of drug-likeness (QED) is 0.0868. The molecule has 0 saturated carbocycles. The highest BCUT2D eigenvalue weighted by atomic mass is 16.5.